The highest BCUT2D eigenvalue weighted by Gasteiger charge is 2.21. The molecule has 1 aliphatic rings. The van der Waals surface area contributed by atoms with Crippen molar-refractivity contribution in [1.29, 1.82) is 0 Å². The lowest BCUT2D eigenvalue weighted by molar-refractivity contribution is -0.0383. The maximum absolute atomic E-state index is 9.16. The van der Waals surface area contributed by atoms with Crippen molar-refractivity contribution >= 4 is 0 Å². The van der Waals surface area contributed by atoms with Gasteiger partial charge in [-0.1, -0.05) is 0 Å². The van der Waals surface area contributed by atoms with E-state index in [0.717, 1.165) is 39.3 Å². The van der Waals surface area contributed by atoms with E-state index in [2.05, 4.69) is 4.90 Å². The highest BCUT2D eigenvalue weighted by molar-refractivity contribution is 4.73. The van der Waals surface area contributed by atoms with Crippen molar-refractivity contribution in [2.75, 3.05) is 59.8 Å². The first-order valence-corrected chi connectivity index (χ1v) is 5.88. The van der Waals surface area contributed by atoms with Gasteiger partial charge in [-0.25, -0.2) is 0 Å². The van der Waals surface area contributed by atoms with Crippen LogP contribution >= 0.6 is 0 Å². The van der Waals surface area contributed by atoms with Gasteiger partial charge in [0, 0.05) is 33.4 Å². The Bertz CT molecular complexity index is 168. The van der Waals surface area contributed by atoms with E-state index in [4.69, 9.17) is 19.3 Å². The van der Waals surface area contributed by atoms with Crippen LogP contribution in [-0.4, -0.2) is 75.9 Å². The quantitative estimate of drug-likeness (QED) is 0.585. The van der Waals surface area contributed by atoms with E-state index in [9.17, 15) is 0 Å². The lowest BCUT2D eigenvalue weighted by Crippen LogP contribution is -2.48. The number of aliphatic hydroxyl groups is 1. The SMILES string of the molecule is COCCCOCCN1CCOCC1CO. The third-order valence-electron chi connectivity index (χ3n) is 2.72. The third-order valence-corrected chi connectivity index (χ3v) is 2.72. The van der Waals surface area contributed by atoms with Crippen molar-refractivity contribution in [3.8, 4) is 0 Å². The molecule has 1 N–H and O–H groups in total. The average molecular weight is 233 g/mol. The van der Waals surface area contributed by atoms with Crippen LogP contribution < -0.4 is 0 Å². The smallest absolute Gasteiger partial charge is 0.0644 e. The molecule has 5 heteroatoms. The van der Waals surface area contributed by atoms with Crippen LogP contribution in [0.25, 0.3) is 0 Å². The number of hydrogen-bond acceptors (Lipinski definition) is 5. The number of ether oxygens (including phenoxy) is 3. The topological polar surface area (TPSA) is 51.2 Å². The summed E-state index contributed by atoms with van der Waals surface area (Å²) in [5, 5.41) is 9.16. The predicted molar refractivity (Wildman–Crippen MR) is 60.6 cm³/mol. The highest BCUT2D eigenvalue weighted by Crippen LogP contribution is 2.05. The summed E-state index contributed by atoms with van der Waals surface area (Å²) >= 11 is 0. The zero-order valence-corrected chi connectivity index (χ0v) is 10.1. The van der Waals surface area contributed by atoms with Crippen molar-refractivity contribution in [1.82, 2.24) is 4.90 Å². The van der Waals surface area contributed by atoms with E-state index >= 15 is 0 Å². The molecule has 1 saturated heterocycles. The standard InChI is InChI=1S/C11H23NO4/c1-14-5-2-6-15-7-3-12-4-8-16-10-11(12)9-13/h11,13H,2-10H2,1H3. The maximum atomic E-state index is 9.16. The Morgan fingerprint density at radius 3 is 3.00 bits per heavy atom. The summed E-state index contributed by atoms with van der Waals surface area (Å²) in [5.41, 5.74) is 0. The van der Waals surface area contributed by atoms with E-state index in [1.54, 1.807) is 7.11 Å². The van der Waals surface area contributed by atoms with Gasteiger partial charge in [-0.15, -0.1) is 0 Å². The summed E-state index contributed by atoms with van der Waals surface area (Å²) in [5.74, 6) is 0. The fraction of sp³-hybridized carbons (Fsp3) is 1.00. The van der Waals surface area contributed by atoms with Gasteiger partial charge in [0.05, 0.1) is 32.5 Å². The molecule has 0 aromatic carbocycles. The second-order valence-electron chi connectivity index (χ2n) is 3.91. The molecule has 1 atom stereocenters. The van der Waals surface area contributed by atoms with Gasteiger partial charge in [0.15, 0.2) is 0 Å². The summed E-state index contributed by atoms with van der Waals surface area (Å²) in [6, 6.07) is 0.135. The van der Waals surface area contributed by atoms with Gasteiger partial charge < -0.3 is 19.3 Å². The van der Waals surface area contributed by atoms with Crippen LogP contribution in [0, 0.1) is 0 Å². The first-order valence-electron chi connectivity index (χ1n) is 5.88. The molecule has 5 nitrogen and oxygen atoms in total. The number of nitrogens with zero attached hydrogens (tertiary/aromatic N) is 1. The number of methoxy groups -OCH3 is 1. The molecule has 0 spiro atoms. The molecular weight excluding hydrogens is 210 g/mol. The fourth-order valence-corrected chi connectivity index (χ4v) is 1.74. The molecule has 1 rings (SSSR count). The minimum atomic E-state index is 0.135. The van der Waals surface area contributed by atoms with E-state index < -0.39 is 0 Å². The van der Waals surface area contributed by atoms with Crippen molar-refractivity contribution in [3.05, 3.63) is 0 Å². The molecule has 0 radical (unpaired) electrons. The number of rotatable bonds is 8. The van der Waals surface area contributed by atoms with E-state index in [-0.39, 0.29) is 12.6 Å². The summed E-state index contributed by atoms with van der Waals surface area (Å²) < 4.78 is 15.7. The number of hydrogen-bond donors (Lipinski definition) is 1. The number of aliphatic hydroxyl groups excluding tert-OH is 1. The Hall–Kier alpha value is -0.200. The molecule has 0 aromatic rings. The van der Waals surface area contributed by atoms with Crippen LogP contribution in [0.2, 0.25) is 0 Å². The Morgan fingerprint density at radius 1 is 1.38 bits per heavy atom. The molecular formula is C11H23NO4. The fourth-order valence-electron chi connectivity index (χ4n) is 1.74. The lowest BCUT2D eigenvalue weighted by atomic mass is 10.2. The first kappa shape index (κ1) is 13.9. The van der Waals surface area contributed by atoms with Crippen LogP contribution in [0.1, 0.15) is 6.42 Å². The zero-order chi connectivity index (χ0) is 11.6. The van der Waals surface area contributed by atoms with Crippen molar-refractivity contribution in [2.45, 2.75) is 12.5 Å². The molecule has 0 aromatic heterocycles. The van der Waals surface area contributed by atoms with Crippen LogP contribution in [0.5, 0.6) is 0 Å². The van der Waals surface area contributed by atoms with Gasteiger partial charge in [0.2, 0.25) is 0 Å². The highest BCUT2D eigenvalue weighted by atomic mass is 16.5. The Morgan fingerprint density at radius 2 is 2.25 bits per heavy atom. The monoisotopic (exact) mass is 233 g/mol. The minimum Gasteiger partial charge on any atom is -0.395 e. The second kappa shape index (κ2) is 8.90. The third kappa shape index (κ3) is 5.23. The van der Waals surface area contributed by atoms with Crippen LogP contribution in [0.15, 0.2) is 0 Å². The van der Waals surface area contributed by atoms with Gasteiger partial charge in [-0.05, 0) is 6.42 Å². The minimum absolute atomic E-state index is 0.135. The molecule has 0 aliphatic carbocycles. The lowest BCUT2D eigenvalue weighted by Gasteiger charge is -2.34. The van der Waals surface area contributed by atoms with Crippen LogP contribution in [-0.2, 0) is 14.2 Å². The molecule has 1 fully saturated rings. The summed E-state index contributed by atoms with van der Waals surface area (Å²) in [6.07, 6.45) is 0.934. The Balaban J connectivity index is 2.02. The average Bonchev–Trinajstić information content (AvgIpc) is 2.34. The first-order chi connectivity index (χ1) is 7.88. The van der Waals surface area contributed by atoms with Crippen LogP contribution in [0.3, 0.4) is 0 Å². The van der Waals surface area contributed by atoms with Gasteiger partial charge >= 0.3 is 0 Å². The van der Waals surface area contributed by atoms with Gasteiger partial charge in [-0.3, -0.25) is 4.90 Å². The normalized spacial score (nSPS) is 22.5. The number of morpholine rings is 1. The summed E-state index contributed by atoms with van der Waals surface area (Å²) in [4.78, 5) is 2.22. The molecule has 0 bridgehead atoms. The largest absolute Gasteiger partial charge is 0.395 e. The van der Waals surface area contributed by atoms with E-state index in [0.29, 0.717) is 13.2 Å². The molecule has 1 heterocycles. The maximum Gasteiger partial charge on any atom is 0.0644 e. The van der Waals surface area contributed by atoms with Crippen molar-refractivity contribution < 1.29 is 19.3 Å². The van der Waals surface area contributed by atoms with Crippen LogP contribution in [0.4, 0.5) is 0 Å². The molecule has 96 valence electrons. The molecule has 1 aliphatic heterocycles. The molecule has 16 heavy (non-hydrogen) atoms. The van der Waals surface area contributed by atoms with Gasteiger partial charge in [-0.2, -0.15) is 0 Å². The summed E-state index contributed by atoms with van der Waals surface area (Å²) in [7, 11) is 1.69. The Kier molecular flexibility index (Phi) is 7.71. The predicted octanol–water partition coefficient (Wildman–Crippen LogP) is -0.267. The Labute approximate surface area is 97.3 Å². The molecule has 1 unspecified atom stereocenters. The van der Waals surface area contributed by atoms with Gasteiger partial charge in [0.25, 0.3) is 0 Å². The van der Waals surface area contributed by atoms with Crippen molar-refractivity contribution in [2.24, 2.45) is 0 Å². The zero-order valence-electron chi connectivity index (χ0n) is 10.1. The molecule has 0 amide bonds. The summed E-state index contributed by atoms with van der Waals surface area (Å²) in [6.45, 7) is 5.47. The van der Waals surface area contributed by atoms with E-state index in [1.165, 1.54) is 0 Å². The van der Waals surface area contributed by atoms with E-state index in [1.807, 2.05) is 0 Å². The molecule has 0 saturated carbocycles. The van der Waals surface area contributed by atoms with Gasteiger partial charge in [0.1, 0.15) is 0 Å². The van der Waals surface area contributed by atoms with Crippen molar-refractivity contribution in [3.63, 3.8) is 0 Å². The second-order valence-corrected chi connectivity index (χ2v) is 3.91.